The summed E-state index contributed by atoms with van der Waals surface area (Å²) in [6, 6.07) is 8.84. The minimum atomic E-state index is -0.106. The molecule has 25 heavy (non-hydrogen) atoms. The Morgan fingerprint density at radius 3 is 2.80 bits per heavy atom. The predicted molar refractivity (Wildman–Crippen MR) is 91.1 cm³/mol. The van der Waals surface area contributed by atoms with Crippen LogP contribution in [0, 0.1) is 0 Å². The van der Waals surface area contributed by atoms with Gasteiger partial charge in [0.05, 0.1) is 26.3 Å². The van der Waals surface area contributed by atoms with Crippen molar-refractivity contribution < 1.29 is 19.0 Å². The Bertz CT molecular complexity index is 724. The summed E-state index contributed by atoms with van der Waals surface area (Å²) in [7, 11) is 3.09. The summed E-state index contributed by atoms with van der Waals surface area (Å²) in [4.78, 5) is 14.7. The Morgan fingerprint density at radius 2 is 2.08 bits per heavy atom. The number of aromatic nitrogens is 2. The van der Waals surface area contributed by atoms with Gasteiger partial charge in [-0.15, -0.1) is 5.10 Å². The molecule has 0 bridgehead atoms. The van der Waals surface area contributed by atoms with Crippen molar-refractivity contribution in [3.05, 3.63) is 42.1 Å². The third-order valence-corrected chi connectivity index (χ3v) is 4.13. The Labute approximate surface area is 146 Å². The highest BCUT2D eigenvalue weighted by Crippen LogP contribution is 2.32. The zero-order valence-corrected chi connectivity index (χ0v) is 14.3. The number of likely N-dealkylation sites (tertiary alicyclic amines) is 1. The molecule has 0 N–H and O–H groups in total. The minimum absolute atomic E-state index is 0.0943. The molecular weight excluding hydrogens is 322 g/mol. The molecule has 1 aromatic heterocycles. The van der Waals surface area contributed by atoms with Crippen molar-refractivity contribution in [3.63, 3.8) is 0 Å². The first-order chi connectivity index (χ1) is 12.2. The summed E-state index contributed by atoms with van der Waals surface area (Å²) in [5, 5.41) is 7.75. The molecule has 3 rings (SSSR count). The van der Waals surface area contributed by atoms with Gasteiger partial charge in [-0.05, 0) is 31.0 Å². The standard InChI is InChI=1S/C18H21N3O4/c1-23-15-8-3-7-14(17(15)24-2)18(22)21-11-5-6-13(12-21)25-16-9-4-10-19-20-16/h3-4,7-10,13H,5-6,11-12H2,1-2H3. The number of methoxy groups -OCH3 is 2. The van der Waals surface area contributed by atoms with Crippen LogP contribution >= 0.6 is 0 Å². The van der Waals surface area contributed by atoms with Crippen LogP contribution in [0.2, 0.25) is 0 Å². The van der Waals surface area contributed by atoms with Crippen LogP contribution in [0.3, 0.4) is 0 Å². The average Bonchev–Trinajstić information content (AvgIpc) is 2.67. The summed E-state index contributed by atoms with van der Waals surface area (Å²) in [6.07, 6.45) is 3.22. The lowest BCUT2D eigenvalue weighted by Gasteiger charge is -2.33. The topological polar surface area (TPSA) is 73.8 Å². The van der Waals surface area contributed by atoms with E-state index in [2.05, 4.69) is 10.2 Å². The first-order valence-electron chi connectivity index (χ1n) is 8.17. The number of amides is 1. The van der Waals surface area contributed by atoms with Crippen LogP contribution in [-0.2, 0) is 0 Å². The number of carbonyl (C=O) groups is 1. The number of rotatable bonds is 5. The maximum Gasteiger partial charge on any atom is 0.257 e. The van der Waals surface area contributed by atoms with Crippen LogP contribution in [0.15, 0.2) is 36.5 Å². The summed E-state index contributed by atoms with van der Waals surface area (Å²) in [5.74, 6) is 1.37. The zero-order chi connectivity index (χ0) is 17.6. The van der Waals surface area contributed by atoms with Crippen LogP contribution in [0.25, 0.3) is 0 Å². The summed E-state index contributed by atoms with van der Waals surface area (Å²) in [6.45, 7) is 1.18. The largest absolute Gasteiger partial charge is 0.493 e. The van der Waals surface area contributed by atoms with E-state index in [1.807, 2.05) is 0 Å². The molecule has 1 amide bonds. The van der Waals surface area contributed by atoms with E-state index in [0.29, 0.717) is 36.0 Å². The molecule has 7 nitrogen and oxygen atoms in total. The quantitative estimate of drug-likeness (QED) is 0.828. The van der Waals surface area contributed by atoms with Crippen LogP contribution in [0.1, 0.15) is 23.2 Å². The van der Waals surface area contributed by atoms with E-state index in [-0.39, 0.29) is 12.0 Å². The van der Waals surface area contributed by atoms with Gasteiger partial charge in [0.25, 0.3) is 5.91 Å². The number of benzene rings is 1. The highest BCUT2D eigenvalue weighted by molar-refractivity contribution is 5.98. The van der Waals surface area contributed by atoms with Gasteiger partial charge >= 0.3 is 0 Å². The molecule has 1 fully saturated rings. The Morgan fingerprint density at radius 1 is 1.20 bits per heavy atom. The maximum atomic E-state index is 13.0. The van der Waals surface area contributed by atoms with E-state index in [0.717, 1.165) is 12.8 Å². The zero-order valence-electron chi connectivity index (χ0n) is 14.3. The number of hydrogen-bond acceptors (Lipinski definition) is 6. The van der Waals surface area contributed by atoms with E-state index < -0.39 is 0 Å². The average molecular weight is 343 g/mol. The summed E-state index contributed by atoms with van der Waals surface area (Å²) in [5.41, 5.74) is 0.488. The van der Waals surface area contributed by atoms with Gasteiger partial charge in [-0.2, -0.15) is 5.10 Å². The van der Waals surface area contributed by atoms with Gasteiger partial charge < -0.3 is 19.1 Å². The van der Waals surface area contributed by atoms with Crippen LogP contribution < -0.4 is 14.2 Å². The van der Waals surface area contributed by atoms with Crippen molar-refractivity contribution in [2.24, 2.45) is 0 Å². The van der Waals surface area contributed by atoms with Crippen molar-refractivity contribution in [2.45, 2.75) is 18.9 Å². The Hall–Kier alpha value is -2.83. The molecule has 0 aliphatic carbocycles. The van der Waals surface area contributed by atoms with Gasteiger partial charge in [0.2, 0.25) is 5.88 Å². The van der Waals surface area contributed by atoms with Crippen molar-refractivity contribution in [2.75, 3.05) is 27.3 Å². The molecule has 1 aliphatic heterocycles. The first-order valence-corrected chi connectivity index (χ1v) is 8.17. The number of para-hydroxylation sites is 1. The van der Waals surface area contributed by atoms with Gasteiger partial charge in [-0.1, -0.05) is 6.07 Å². The molecule has 1 aliphatic rings. The van der Waals surface area contributed by atoms with Crippen molar-refractivity contribution in [3.8, 4) is 17.4 Å². The van der Waals surface area contributed by atoms with E-state index in [1.165, 1.54) is 7.11 Å². The molecule has 0 spiro atoms. The molecule has 1 atom stereocenters. The smallest absolute Gasteiger partial charge is 0.257 e. The van der Waals surface area contributed by atoms with E-state index >= 15 is 0 Å². The maximum absolute atomic E-state index is 13.0. The van der Waals surface area contributed by atoms with Crippen molar-refractivity contribution >= 4 is 5.91 Å². The van der Waals surface area contributed by atoms with Crippen LogP contribution in [-0.4, -0.2) is 54.4 Å². The lowest BCUT2D eigenvalue weighted by molar-refractivity contribution is 0.0522. The molecular formula is C18H21N3O4. The van der Waals surface area contributed by atoms with Crippen molar-refractivity contribution in [1.29, 1.82) is 0 Å². The molecule has 1 unspecified atom stereocenters. The monoisotopic (exact) mass is 343 g/mol. The predicted octanol–water partition coefficient (Wildman–Crippen LogP) is 2.18. The molecule has 0 saturated carbocycles. The molecule has 1 saturated heterocycles. The molecule has 7 heteroatoms. The first kappa shape index (κ1) is 17.0. The van der Waals surface area contributed by atoms with Gasteiger partial charge in [-0.25, -0.2) is 0 Å². The van der Waals surface area contributed by atoms with E-state index in [1.54, 1.807) is 48.5 Å². The highest BCUT2D eigenvalue weighted by atomic mass is 16.5. The second-order valence-corrected chi connectivity index (χ2v) is 5.74. The number of piperidine rings is 1. The second-order valence-electron chi connectivity index (χ2n) is 5.74. The fourth-order valence-electron chi connectivity index (χ4n) is 2.97. The third kappa shape index (κ3) is 3.81. The van der Waals surface area contributed by atoms with Crippen LogP contribution in [0.5, 0.6) is 17.4 Å². The SMILES string of the molecule is COc1cccc(C(=O)N2CCCC(Oc3cccnn3)C2)c1OC. The Balaban J connectivity index is 1.74. The number of ether oxygens (including phenoxy) is 3. The van der Waals surface area contributed by atoms with E-state index in [9.17, 15) is 4.79 Å². The normalized spacial score (nSPS) is 17.0. The van der Waals surface area contributed by atoms with Gasteiger partial charge in [-0.3, -0.25) is 4.79 Å². The lowest BCUT2D eigenvalue weighted by atomic mass is 10.1. The third-order valence-electron chi connectivity index (χ3n) is 4.13. The number of carbonyl (C=O) groups excluding carboxylic acids is 1. The van der Waals surface area contributed by atoms with Crippen molar-refractivity contribution in [1.82, 2.24) is 15.1 Å². The molecule has 132 valence electrons. The number of hydrogen-bond donors (Lipinski definition) is 0. The fourth-order valence-corrected chi connectivity index (χ4v) is 2.97. The van der Waals surface area contributed by atoms with Gasteiger partial charge in [0.1, 0.15) is 6.10 Å². The summed E-state index contributed by atoms with van der Waals surface area (Å²) < 4.78 is 16.5. The molecule has 0 radical (unpaired) electrons. The minimum Gasteiger partial charge on any atom is -0.493 e. The molecule has 2 aromatic rings. The van der Waals surface area contributed by atoms with E-state index in [4.69, 9.17) is 14.2 Å². The second kappa shape index (κ2) is 7.83. The van der Waals surface area contributed by atoms with Crippen LogP contribution in [0.4, 0.5) is 0 Å². The fraction of sp³-hybridized carbons (Fsp3) is 0.389. The molecule has 2 heterocycles. The number of nitrogens with zero attached hydrogens (tertiary/aromatic N) is 3. The van der Waals surface area contributed by atoms with Gasteiger partial charge in [0.15, 0.2) is 11.5 Å². The lowest BCUT2D eigenvalue weighted by Crippen LogP contribution is -2.44. The van der Waals surface area contributed by atoms with Gasteiger partial charge in [0, 0.05) is 18.8 Å². The molecule has 1 aromatic carbocycles. The highest BCUT2D eigenvalue weighted by Gasteiger charge is 2.28. The summed E-state index contributed by atoms with van der Waals surface area (Å²) >= 11 is 0. The Kier molecular flexibility index (Phi) is 5.33.